The molecule has 1 saturated carbocycles. The molecule has 0 aromatic carbocycles. The molecule has 0 aliphatic heterocycles. The van der Waals surface area contributed by atoms with Crippen molar-refractivity contribution < 1.29 is 4.42 Å². The maximum absolute atomic E-state index is 5.85. The fraction of sp³-hybridized carbons (Fsp3) is 0.500. The van der Waals surface area contributed by atoms with Gasteiger partial charge in [-0.3, -0.25) is 0 Å². The first-order valence-corrected chi connectivity index (χ1v) is 3.67. The van der Waals surface area contributed by atoms with Crippen molar-refractivity contribution in [2.24, 2.45) is 11.7 Å². The van der Waals surface area contributed by atoms with E-state index in [1.54, 1.807) is 6.26 Å². The van der Waals surface area contributed by atoms with E-state index >= 15 is 0 Å². The molecule has 2 N–H and O–H groups in total. The van der Waals surface area contributed by atoms with Crippen molar-refractivity contribution in [3.05, 3.63) is 24.2 Å². The SMILES string of the molecule is N[C@H](c1ccco1)C1CC1. The summed E-state index contributed by atoms with van der Waals surface area (Å²) in [5, 5.41) is 0. The maximum atomic E-state index is 5.85. The lowest BCUT2D eigenvalue weighted by molar-refractivity contribution is 0.443. The van der Waals surface area contributed by atoms with Crippen molar-refractivity contribution in [3.8, 4) is 0 Å². The third-order valence-electron chi connectivity index (χ3n) is 2.00. The van der Waals surface area contributed by atoms with Gasteiger partial charge in [-0.15, -0.1) is 0 Å². The number of hydrogen-bond donors (Lipinski definition) is 1. The molecule has 0 amide bonds. The van der Waals surface area contributed by atoms with Gasteiger partial charge in [0.25, 0.3) is 0 Å². The van der Waals surface area contributed by atoms with Crippen molar-refractivity contribution in [2.75, 3.05) is 0 Å². The fourth-order valence-electron chi connectivity index (χ4n) is 1.17. The zero-order valence-corrected chi connectivity index (χ0v) is 5.79. The van der Waals surface area contributed by atoms with E-state index in [4.69, 9.17) is 10.2 Å². The Bertz CT molecular complexity index is 201. The summed E-state index contributed by atoms with van der Waals surface area (Å²) < 4.78 is 5.17. The van der Waals surface area contributed by atoms with Gasteiger partial charge >= 0.3 is 0 Å². The summed E-state index contributed by atoms with van der Waals surface area (Å²) in [4.78, 5) is 0. The van der Waals surface area contributed by atoms with Gasteiger partial charge in [0.15, 0.2) is 0 Å². The topological polar surface area (TPSA) is 39.2 Å². The van der Waals surface area contributed by atoms with E-state index in [1.165, 1.54) is 12.8 Å². The summed E-state index contributed by atoms with van der Waals surface area (Å²) in [5.74, 6) is 1.62. The predicted molar refractivity (Wildman–Crippen MR) is 38.4 cm³/mol. The van der Waals surface area contributed by atoms with E-state index in [0.717, 1.165) is 5.76 Å². The molecule has 1 aliphatic carbocycles. The molecule has 0 saturated heterocycles. The average molecular weight is 137 g/mol. The van der Waals surface area contributed by atoms with E-state index in [-0.39, 0.29) is 6.04 Å². The summed E-state index contributed by atoms with van der Waals surface area (Å²) >= 11 is 0. The monoisotopic (exact) mass is 137 g/mol. The molecule has 1 aromatic heterocycles. The maximum Gasteiger partial charge on any atom is 0.120 e. The van der Waals surface area contributed by atoms with E-state index in [9.17, 15) is 0 Å². The van der Waals surface area contributed by atoms with Crippen LogP contribution >= 0.6 is 0 Å². The van der Waals surface area contributed by atoms with Crippen molar-refractivity contribution in [3.63, 3.8) is 0 Å². The summed E-state index contributed by atoms with van der Waals surface area (Å²) in [5.41, 5.74) is 5.85. The van der Waals surface area contributed by atoms with Crippen LogP contribution in [-0.4, -0.2) is 0 Å². The molecule has 1 atom stereocenters. The molecule has 1 heterocycles. The molecule has 0 spiro atoms. The van der Waals surface area contributed by atoms with Crippen LogP contribution in [0, 0.1) is 5.92 Å². The van der Waals surface area contributed by atoms with Gasteiger partial charge in [-0.25, -0.2) is 0 Å². The van der Waals surface area contributed by atoms with Gasteiger partial charge in [0.2, 0.25) is 0 Å². The van der Waals surface area contributed by atoms with Crippen LogP contribution in [0.1, 0.15) is 24.6 Å². The molecule has 0 unspecified atom stereocenters. The van der Waals surface area contributed by atoms with Gasteiger partial charge in [-0.1, -0.05) is 0 Å². The predicted octanol–water partition coefficient (Wildman–Crippen LogP) is 1.69. The normalized spacial score (nSPS) is 20.9. The van der Waals surface area contributed by atoms with Gasteiger partial charge in [0.05, 0.1) is 12.3 Å². The molecule has 2 nitrogen and oxygen atoms in total. The van der Waals surface area contributed by atoms with Crippen LogP contribution in [0.15, 0.2) is 22.8 Å². The molecule has 1 aliphatic rings. The molecule has 2 rings (SSSR count). The van der Waals surface area contributed by atoms with Crippen molar-refractivity contribution in [1.82, 2.24) is 0 Å². The average Bonchev–Trinajstić information content (AvgIpc) is 2.65. The molecule has 0 radical (unpaired) electrons. The molecule has 1 fully saturated rings. The summed E-state index contributed by atoms with van der Waals surface area (Å²) in [6.07, 6.45) is 4.21. The number of hydrogen-bond acceptors (Lipinski definition) is 2. The second-order valence-electron chi connectivity index (χ2n) is 2.88. The van der Waals surface area contributed by atoms with Gasteiger partial charge < -0.3 is 10.2 Å². The molecule has 0 bridgehead atoms. The minimum absolute atomic E-state index is 0.148. The first-order chi connectivity index (χ1) is 4.88. The Morgan fingerprint density at radius 1 is 1.60 bits per heavy atom. The van der Waals surface area contributed by atoms with Crippen LogP contribution in [0.5, 0.6) is 0 Å². The Morgan fingerprint density at radius 3 is 2.90 bits per heavy atom. The fourth-order valence-corrected chi connectivity index (χ4v) is 1.17. The number of nitrogens with two attached hydrogens (primary N) is 1. The lowest BCUT2D eigenvalue weighted by atomic mass is 10.1. The number of furan rings is 1. The van der Waals surface area contributed by atoms with Crippen LogP contribution in [-0.2, 0) is 0 Å². The lowest BCUT2D eigenvalue weighted by Crippen LogP contribution is -2.10. The second-order valence-corrected chi connectivity index (χ2v) is 2.88. The highest BCUT2D eigenvalue weighted by atomic mass is 16.3. The Labute approximate surface area is 60.0 Å². The van der Waals surface area contributed by atoms with E-state index in [1.807, 2.05) is 12.1 Å². The van der Waals surface area contributed by atoms with Gasteiger partial charge in [-0.05, 0) is 30.9 Å². The zero-order chi connectivity index (χ0) is 6.97. The third-order valence-corrected chi connectivity index (χ3v) is 2.00. The van der Waals surface area contributed by atoms with Crippen molar-refractivity contribution >= 4 is 0 Å². The minimum atomic E-state index is 0.148. The molecular formula is C8H11NO. The smallest absolute Gasteiger partial charge is 0.120 e. The molecular weight excluding hydrogens is 126 g/mol. The first-order valence-electron chi connectivity index (χ1n) is 3.67. The third kappa shape index (κ3) is 0.948. The van der Waals surface area contributed by atoms with Crippen LogP contribution in [0.25, 0.3) is 0 Å². The molecule has 54 valence electrons. The van der Waals surface area contributed by atoms with E-state index < -0.39 is 0 Å². The Balaban J connectivity index is 2.11. The van der Waals surface area contributed by atoms with Crippen molar-refractivity contribution in [1.29, 1.82) is 0 Å². The Kier molecular flexibility index (Phi) is 1.27. The molecule has 1 aromatic rings. The Hall–Kier alpha value is -0.760. The standard InChI is InChI=1S/C8H11NO/c9-8(6-3-4-6)7-2-1-5-10-7/h1-2,5-6,8H,3-4,9H2/t8-/m0/s1. The minimum Gasteiger partial charge on any atom is -0.468 e. The molecule has 2 heteroatoms. The number of rotatable bonds is 2. The van der Waals surface area contributed by atoms with Crippen LogP contribution in [0.3, 0.4) is 0 Å². The highest BCUT2D eigenvalue weighted by Crippen LogP contribution is 2.39. The van der Waals surface area contributed by atoms with E-state index in [2.05, 4.69) is 0 Å². The molecule has 10 heavy (non-hydrogen) atoms. The van der Waals surface area contributed by atoms with E-state index in [0.29, 0.717) is 5.92 Å². The van der Waals surface area contributed by atoms with Crippen LogP contribution in [0.2, 0.25) is 0 Å². The quantitative estimate of drug-likeness (QED) is 0.673. The lowest BCUT2D eigenvalue weighted by Gasteiger charge is -2.04. The summed E-state index contributed by atoms with van der Waals surface area (Å²) in [6, 6.07) is 3.98. The summed E-state index contributed by atoms with van der Waals surface area (Å²) in [6.45, 7) is 0. The summed E-state index contributed by atoms with van der Waals surface area (Å²) in [7, 11) is 0. The van der Waals surface area contributed by atoms with Crippen molar-refractivity contribution in [2.45, 2.75) is 18.9 Å². The van der Waals surface area contributed by atoms with Gasteiger partial charge in [0, 0.05) is 0 Å². The second kappa shape index (κ2) is 2.13. The Morgan fingerprint density at radius 2 is 2.40 bits per heavy atom. The van der Waals surface area contributed by atoms with Crippen LogP contribution in [0.4, 0.5) is 0 Å². The van der Waals surface area contributed by atoms with Crippen LogP contribution < -0.4 is 5.73 Å². The highest BCUT2D eigenvalue weighted by Gasteiger charge is 2.30. The van der Waals surface area contributed by atoms with Gasteiger partial charge in [0.1, 0.15) is 5.76 Å². The zero-order valence-electron chi connectivity index (χ0n) is 5.79. The first kappa shape index (κ1) is 5.98. The van der Waals surface area contributed by atoms with Gasteiger partial charge in [-0.2, -0.15) is 0 Å². The largest absolute Gasteiger partial charge is 0.468 e. The highest BCUT2D eigenvalue weighted by molar-refractivity contribution is 5.07.